The van der Waals surface area contributed by atoms with Crippen molar-refractivity contribution < 1.29 is 27.8 Å². The summed E-state index contributed by atoms with van der Waals surface area (Å²) in [5, 5.41) is 2.24. The molecule has 7 heteroatoms. The number of methoxy groups -OCH3 is 1. The van der Waals surface area contributed by atoms with E-state index in [1.165, 1.54) is 0 Å². The average Bonchev–Trinajstić information content (AvgIpc) is 2.51. The van der Waals surface area contributed by atoms with Crippen LogP contribution >= 0.6 is 0 Å². The summed E-state index contributed by atoms with van der Waals surface area (Å²) in [6.07, 6.45) is -2.18. The molecule has 0 saturated carbocycles. The Kier molecular flexibility index (Phi) is 7.33. The van der Waals surface area contributed by atoms with Gasteiger partial charge in [0.05, 0.1) is 19.6 Å². The van der Waals surface area contributed by atoms with E-state index in [1.807, 2.05) is 0 Å². The number of nitrogens with one attached hydrogen (secondary N) is 1. The number of benzene rings is 1. The summed E-state index contributed by atoms with van der Waals surface area (Å²) in [7, 11) is 1.14. The van der Waals surface area contributed by atoms with Gasteiger partial charge in [-0.15, -0.1) is 0 Å². The van der Waals surface area contributed by atoms with Gasteiger partial charge in [0.1, 0.15) is 5.60 Å². The fraction of sp³-hybridized carbons (Fsp3) is 0.556. The molecule has 0 aliphatic carbocycles. The van der Waals surface area contributed by atoms with Crippen LogP contribution in [-0.2, 0) is 20.7 Å². The Morgan fingerprint density at radius 2 is 1.76 bits per heavy atom. The first-order chi connectivity index (χ1) is 11.5. The van der Waals surface area contributed by atoms with Crippen molar-refractivity contribution in [1.82, 2.24) is 5.32 Å². The molecule has 0 aliphatic rings. The van der Waals surface area contributed by atoms with E-state index in [-0.39, 0.29) is 6.42 Å². The number of hydrogen-bond donors (Lipinski definition) is 1. The number of alkyl halides is 2. The molecule has 1 N–H and O–H groups in total. The molecule has 1 amide bonds. The summed E-state index contributed by atoms with van der Waals surface area (Å²) in [4.78, 5) is 23.1. The van der Waals surface area contributed by atoms with Gasteiger partial charge < -0.3 is 14.8 Å². The molecular formula is C18H25F2NO4. The molecular weight excluding hydrogens is 332 g/mol. The Labute approximate surface area is 146 Å². The number of hydrogen-bond acceptors (Lipinski definition) is 4. The maximum atomic E-state index is 14.6. The zero-order valence-electron chi connectivity index (χ0n) is 15.0. The fourth-order valence-electron chi connectivity index (χ4n) is 2.15. The molecule has 1 atom stereocenters. The van der Waals surface area contributed by atoms with E-state index in [9.17, 15) is 18.4 Å². The Balaban J connectivity index is 2.89. The van der Waals surface area contributed by atoms with Gasteiger partial charge in [-0.1, -0.05) is 30.3 Å². The van der Waals surface area contributed by atoms with Crippen LogP contribution in [-0.4, -0.2) is 36.7 Å². The number of halogens is 2. The lowest BCUT2D eigenvalue weighted by molar-refractivity contribution is -0.143. The molecule has 1 aromatic rings. The Hall–Kier alpha value is -2.18. The molecule has 0 saturated heterocycles. The predicted molar refractivity (Wildman–Crippen MR) is 89.5 cm³/mol. The van der Waals surface area contributed by atoms with Gasteiger partial charge in [-0.25, -0.2) is 13.6 Å². The maximum absolute atomic E-state index is 14.6. The summed E-state index contributed by atoms with van der Waals surface area (Å²) in [6.45, 7) is 4.94. The van der Waals surface area contributed by atoms with Crippen molar-refractivity contribution in [2.45, 2.75) is 57.6 Å². The van der Waals surface area contributed by atoms with E-state index in [0.29, 0.717) is 5.56 Å². The van der Waals surface area contributed by atoms with Crippen LogP contribution in [0.1, 0.15) is 39.2 Å². The van der Waals surface area contributed by atoms with E-state index in [1.54, 1.807) is 51.1 Å². The molecule has 140 valence electrons. The molecule has 5 nitrogen and oxygen atoms in total. The van der Waals surface area contributed by atoms with Crippen molar-refractivity contribution in [3.05, 3.63) is 35.9 Å². The van der Waals surface area contributed by atoms with Gasteiger partial charge in [-0.2, -0.15) is 0 Å². The second-order valence-electron chi connectivity index (χ2n) is 6.73. The van der Waals surface area contributed by atoms with Crippen LogP contribution in [0.4, 0.5) is 13.6 Å². The van der Waals surface area contributed by atoms with Gasteiger partial charge in [-0.3, -0.25) is 4.79 Å². The fourth-order valence-corrected chi connectivity index (χ4v) is 2.15. The minimum absolute atomic E-state index is 0.0890. The van der Waals surface area contributed by atoms with E-state index < -0.39 is 42.5 Å². The van der Waals surface area contributed by atoms with Crippen molar-refractivity contribution in [2.75, 3.05) is 7.11 Å². The SMILES string of the molecule is COC(=O)CCC(F)(F)[C@H](Cc1ccccc1)NC(=O)OC(C)(C)C. The molecule has 1 rings (SSSR count). The third-order valence-electron chi connectivity index (χ3n) is 3.37. The molecule has 0 unspecified atom stereocenters. The standard InChI is InChI=1S/C18H25F2NO4/c1-17(2,3)25-16(23)21-14(12-13-8-6-5-7-9-13)18(19,20)11-10-15(22)24-4/h5-9,14H,10-12H2,1-4H3,(H,21,23)/t14-/m0/s1. The van der Waals surface area contributed by atoms with Gasteiger partial charge in [0, 0.05) is 6.42 Å². The first-order valence-electron chi connectivity index (χ1n) is 8.01. The van der Waals surface area contributed by atoms with E-state index in [2.05, 4.69) is 10.1 Å². The van der Waals surface area contributed by atoms with Crippen molar-refractivity contribution in [2.24, 2.45) is 0 Å². The normalized spacial score (nSPS) is 13.0. The summed E-state index contributed by atoms with van der Waals surface area (Å²) in [6, 6.07) is 7.11. The quantitative estimate of drug-likeness (QED) is 0.756. The van der Waals surface area contributed by atoms with Gasteiger partial charge >= 0.3 is 12.1 Å². The lowest BCUT2D eigenvalue weighted by Crippen LogP contribution is -2.50. The zero-order chi connectivity index (χ0) is 19.1. The van der Waals surface area contributed by atoms with Crippen molar-refractivity contribution in [1.29, 1.82) is 0 Å². The minimum Gasteiger partial charge on any atom is -0.469 e. The molecule has 0 bridgehead atoms. The molecule has 0 radical (unpaired) electrons. The zero-order valence-corrected chi connectivity index (χ0v) is 15.0. The molecule has 0 aromatic heterocycles. The average molecular weight is 357 g/mol. The Morgan fingerprint density at radius 3 is 2.28 bits per heavy atom. The van der Waals surface area contributed by atoms with Crippen LogP contribution in [0.2, 0.25) is 0 Å². The van der Waals surface area contributed by atoms with Crippen LogP contribution < -0.4 is 5.32 Å². The molecule has 0 spiro atoms. The number of amides is 1. The molecule has 0 fully saturated rings. The second kappa shape index (κ2) is 8.78. The summed E-state index contributed by atoms with van der Waals surface area (Å²) in [5.41, 5.74) is -0.163. The first-order valence-corrected chi connectivity index (χ1v) is 8.01. The smallest absolute Gasteiger partial charge is 0.408 e. The maximum Gasteiger partial charge on any atom is 0.408 e. The summed E-state index contributed by atoms with van der Waals surface area (Å²) < 4.78 is 38.7. The van der Waals surface area contributed by atoms with Crippen molar-refractivity contribution in [3.8, 4) is 0 Å². The molecule has 0 heterocycles. The number of carbonyl (C=O) groups is 2. The summed E-state index contributed by atoms with van der Waals surface area (Å²) in [5.74, 6) is -4.03. The van der Waals surface area contributed by atoms with Gasteiger partial charge in [0.25, 0.3) is 5.92 Å². The van der Waals surface area contributed by atoms with Gasteiger partial charge in [0.2, 0.25) is 0 Å². The second-order valence-corrected chi connectivity index (χ2v) is 6.73. The van der Waals surface area contributed by atoms with Crippen LogP contribution in [0.15, 0.2) is 30.3 Å². The number of alkyl carbamates (subject to hydrolysis) is 1. The molecule has 0 aliphatic heterocycles. The highest BCUT2D eigenvalue weighted by Crippen LogP contribution is 2.28. The number of ether oxygens (including phenoxy) is 2. The lowest BCUT2D eigenvalue weighted by Gasteiger charge is -2.29. The Bertz CT molecular complexity index is 570. The van der Waals surface area contributed by atoms with Crippen molar-refractivity contribution >= 4 is 12.1 Å². The highest BCUT2D eigenvalue weighted by molar-refractivity contribution is 5.69. The third-order valence-corrected chi connectivity index (χ3v) is 3.37. The summed E-state index contributed by atoms with van der Waals surface area (Å²) >= 11 is 0. The van der Waals surface area contributed by atoms with E-state index in [0.717, 1.165) is 7.11 Å². The van der Waals surface area contributed by atoms with Crippen molar-refractivity contribution in [3.63, 3.8) is 0 Å². The van der Waals surface area contributed by atoms with Crippen LogP contribution in [0.5, 0.6) is 0 Å². The highest BCUT2D eigenvalue weighted by atomic mass is 19.3. The number of carbonyl (C=O) groups excluding carboxylic acids is 2. The van der Waals surface area contributed by atoms with Crippen LogP contribution in [0.25, 0.3) is 0 Å². The van der Waals surface area contributed by atoms with E-state index in [4.69, 9.17) is 4.74 Å². The minimum atomic E-state index is -3.30. The van der Waals surface area contributed by atoms with Gasteiger partial charge in [-0.05, 0) is 32.8 Å². The highest BCUT2D eigenvalue weighted by Gasteiger charge is 2.41. The topological polar surface area (TPSA) is 64.6 Å². The monoisotopic (exact) mass is 357 g/mol. The van der Waals surface area contributed by atoms with E-state index >= 15 is 0 Å². The van der Waals surface area contributed by atoms with Crippen LogP contribution in [0, 0.1) is 0 Å². The molecule has 25 heavy (non-hydrogen) atoms. The lowest BCUT2D eigenvalue weighted by atomic mass is 9.97. The third kappa shape index (κ3) is 7.96. The Morgan fingerprint density at radius 1 is 1.16 bits per heavy atom. The van der Waals surface area contributed by atoms with Gasteiger partial charge in [0.15, 0.2) is 0 Å². The molecule has 1 aromatic carbocycles. The largest absolute Gasteiger partial charge is 0.469 e. The van der Waals surface area contributed by atoms with Crippen LogP contribution in [0.3, 0.4) is 0 Å². The first kappa shape index (κ1) is 20.9. The number of rotatable bonds is 7. The number of esters is 1. The predicted octanol–water partition coefficient (Wildman–Crippen LogP) is 3.71.